The van der Waals surface area contributed by atoms with Crippen LogP contribution in [0.5, 0.6) is 11.5 Å². The monoisotopic (exact) mass is 470 g/mol. The zero-order valence-electron chi connectivity index (χ0n) is 16.2. The summed E-state index contributed by atoms with van der Waals surface area (Å²) in [6.07, 6.45) is -5.01. The number of hydrogen-bond acceptors (Lipinski definition) is 4. The van der Waals surface area contributed by atoms with Crippen LogP contribution in [0, 0.1) is 11.6 Å². The molecule has 0 atom stereocenters. The molecule has 168 valence electrons. The van der Waals surface area contributed by atoms with Crippen molar-refractivity contribution in [2.24, 2.45) is 0 Å². The maximum absolute atomic E-state index is 14.6. The fourth-order valence-corrected chi connectivity index (χ4v) is 4.10. The fourth-order valence-electron chi connectivity index (χ4n) is 2.83. The molecule has 0 saturated heterocycles. The van der Waals surface area contributed by atoms with E-state index in [9.17, 15) is 35.5 Å². The number of ether oxygens (including phenoxy) is 1. The minimum Gasteiger partial charge on any atom is -0.513 e. The Labute approximate surface area is 180 Å². The van der Waals surface area contributed by atoms with E-state index in [1.807, 2.05) is 0 Å². The van der Waals surface area contributed by atoms with E-state index in [0.29, 0.717) is 12.1 Å². The molecule has 3 aromatic carbocycles. The summed E-state index contributed by atoms with van der Waals surface area (Å²) in [6, 6.07) is 9.14. The van der Waals surface area contributed by atoms with Crippen LogP contribution in [0.4, 0.5) is 22.0 Å². The smallest absolute Gasteiger partial charge is 0.416 e. The van der Waals surface area contributed by atoms with Gasteiger partial charge < -0.3 is 9.84 Å². The number of alkyl halides is 3. The summed E-state index contributed by atoms with van der Waals surface area (Å²) in [4.78, 5) is -0.714. The minimum atomic E-state index is -4.73. The van der Waals surface area contributed by atoms with Crippen molar-refractivity contribution in [1.29, 1.82) is 0 Å². The second-order valence-electron chi connectivity index (χ2n) is 6.76. The van der Waals surface area contributed by atoms with Crippen molar-refractivity contribution >= 4 is 9.84 Å². The number of halogens is 5. The molecule has 0 aromatic heterocycles. The van der Waals surface area contributed by atoms with Gasteiger partial charge >= 0.3 is 6.18 Å². The highest BCUT2D eigenvalue weighted by atomic mass is 32.2. The van der Waals surface area contributed by atoms with Gasteiger partial charge in [-0.3, -0.25) is 0 Å². The Morgan fingerprint density at radius 1 is 0.938 bits per heavy atom. The molecule has 0 unspecified atom stereocenters. The van der Waals surface area contributed by atoms with Gasteiger partial charge in [-0.25, -0.2) is 17.2 Å². The van der Waals surface area contributed by atoms with Gasteiger partial charge in [-0.15, -0.1) is 0 Å². The quantitative estimate of drug-likeness (QED) is 0.264. The van der Waals surface area contributed by atoms with Crippen LogP contribution in [-0.2, 0) is 22.4 Å². The lowest BCUT2D eigenvalue weighted by molar-refractivity contribution is -0.137. The Hall–Kier alpha value is -3.40. The van der Waals surface area contributed by atoms with E-state index in [-0.39, 0.29) is 28.4 Å². The molecule has 0 radical (unpaired) electrons. The van der Waals surface area contributed by atoms with Crippen molar-refractivity contribution in [3.05, 3.63) is 95.8 Å². The molecule has 3 aromatic rings. The number of hydrogen-bond donors (Lipinski definition) is 1. The van der Waals surface area contributed by atoms with Gasteiger partial charge in [0.15, 0.2) is 11.6 Å². The number of rotatable bonds is 6. The largest absolute Gasteiger partial charge is 0.513 e. The Kier molecular flexibility index (Phi) is 6.27. The molecule has 0 aliphatic rings. The lowest BCUT2D eigenvalue weighted by Crippen LogP contribution is -2.07. The summed E-state index contributed by atoms with van der Waals surface area (Å²) in [5, 5.41) is 9.29. The zero-order chi connectivity index (χ0) is 23.7. The topological polar surface area (TPSA) is 63.6 Å². The summed E-state index contributed by atoms with van der Waals surface area (Å²) >= 11 is 0. The summed E-state index contributed by atoms with van der Waals surface area (Å²) in [5.74, 6) is -3.06. The summed E-state index contributed by atoms with van der Waals surface area (Å²) in [7, 11) is -4.16. The van der Waals surface area contributed by atoms with Gasteiger partial charge in [0.05, 0.1) is 21.1 Å². The molecule has 0 heterocycles. The number of aliphatic hydroxyl groups is 1. The highest BCUT2D eigenvalue weighted by Gasteiger charge is 2.31. The van der Waals surface area contributed by atoms with Crippen LogP contribution in [0.2, 0.25) is 0 Å². The predicted octanol–water partition coefficient (Wildman–Crippen LogP) is 6.22. The van der Waals surface area contributed by atoms with Gasteiger partial charge in [0.2, 0.25) is 9.84 Å². The molecule has 3 rings (SSSR count). The third-order valence-electron chi connectivity index (χ3n) is 4.27. The van der Waals surface area contributed by atoms with Crippen molar-refractivity contribution in [1.82, 2.24) is 0 Å². The molecule has 1 N–H and O–H groups in total. The van der Waals surface area contributed by atoms with Crippen LogP contribution in [0.15, 0.2) is 82.8 Å². The van der Waals surface area contributed by atoms with Crippen molar-refractivity contribution < 1.29 is 40.2 Å². The molecule has 0 fully saturated rings. The number of sulfone groups is 1. The van der Waals surface area contributed by atoms with Crippen molar-refractivity contribution in [3.63, 3.8) is 0 Å². The molecule has 10 heteroatoms. The highest BCUT2D eigenvalue weighted by Crippen LogP contribution is 2.35. The first-order chi connectivity index (χ1) is 14.9. The van der Waals surface area contributed by atoms with Crippen LogP contribution >= 0.6 is 0 Å². The van der Waals surface area contributed by atoms with Gasteiger partial charge in [0.1, 0.15) is 11.6 Å². The lowest BCUT2D eigenvalue weighted by atomic mass is 10.1. The molecule has 0 bridgehead atoms. The van der Waals surface area contributed by atoms with Crippen molar-refractivity contribution in [2.75, 3.05) is 0 Å². The normalized spacial score (nSPS) is 11.9. The van der Waals surface area contributed by atoms with Crippen LogP contribution in [0.1, 0.15) is 11.1 Å². The maximum Gasteiger partial charge on any atom is 0.416 e. The Morgan fingerprint density at radius 3 is 2.12 bits per heavy atom. The van der Waals surface area contributed by atoms with Crippen LogP contribution < -0.4 is 4.74 Å². The van der Waals surface area contributed by atoms with Gasteiger partial charge in [0, 0.05) is 6.42 Å². The average molecular weight is 470 g/mol. The van der Waals surface area contributed by atoms with E-state index in [1.54, 1.807) is 0 Å². The fraction of sp³-hybridized carbons (Fsp3) is 0.0909. The van der Waals surface area contributed by atoms with E-state index in [2.05, 4.69) is 6.58 Å². The van der Waals surface area contributed by atoms with Gasteiger partial charge in [-0.1, -0.05) is 6.58 Å². The van der Waals surface area contributed by atoms with E-state index in [1.165, 1.54) is 6.07 Å². The van der Waals surface area contributed by atoms with E-state index in [0.717, 1.165) is 42.5 Å². The van der Waals surface area contributed by atoms with Gasteiger partial charge in [-0.05, 0) is 66.2 Å². The Morgan fingerprint density at radius 2 is 1.56 bits per heavy atom. The third-order valence-corrected chi connectivity index (χ3v) is 6.03. The van der Waals surface area contributed by atoms with Crippen molar-refractivity contribution in [3.8, 4) is 11.5 Å². The maximum atomic E-state index is 14.6. The summed E-state index contributed by atoms with van der Waals surface area (Å²) in [6.45, 7) is 3.23. The van der Waals surface area contributed by atoms with Crippen molar-refractivity contribution in [2.45, 2.75) is 22.4 Å². The van der Waals surface area contributed by atoms with E-state index < -0.39 is 43.9 Å². The first-order valence-corrected chi connectivity index (χ1v) is 10.4. The van der Waals surface area contributed by atoms with E-state index >= 15 is 0 Å². The number of benzene rings is 3. The predicted molar refractivity (Wildman–Crippen MR) is 105 cm³/mol. The first kappa shape index (κ1) is 23.3. The Bertz CT molecular complexity index is 1270. The number of aliphatic hydroxyl groups excluding tert-OH is 1. The first-order valence-electron chi connectivity index (χ1n) is 8.92. The van der Waals surface area contributed by atoms with Crippen LogP contribution in [0.3, 0.4) is 0 Å². The molecule has 0 amide bonds. The molecule has 0 aliphatic carbocycles. The molecule has 32 heavy (non-hydrogen) atoms. The minimum absolute atomic E-state index is 0.0261. The van der Waals surface area contributed by atoms with Crippen LogP contribution in [0.25, 0.3) is 0 Å². The molecule has 0 saturated carbocycles. The SMILES string of the molecule is C=C(O)Cc1cc(Oc2ccc(S(=O)(=O)c3ccc(F)cc3)cc2F)cc(C(F)(F)F)c1. The molecular formula is C22H15F5O4S. The summed E-state index contributed by atoms with van der Waals surface area (Å²) in [5.41, 5.74) is -1.06. The zero-order valence-corrected chi connectivity index (χ0v) is 17.0. The van der Waals surface area contributed by atoms with Crippen LogP contribution in [-0.4, -0.2) is 13.5 Å². The summed E-state index contributed by atoms with van der Waals surface area (Å²) < 4.78 is 97.5. The second-order valence-corrected chi connectivity index (χ2v) is 8.71. The molecule has 4 nitrogen and oxygen atoms in total. The van der Waals surface area contributed by atoms with Gasteiger partial charge in [0.25, 0.3) is 0 Å². The standard InChI is InChI=1S/C22H15F5O4S/c1-13(28)8-14-9-15(22(25,26)27)11-17(10-14)31-21-7-6-19(12-20(21)24)32(29,30)18-4-2-16(23)3-5-18/h2-7,9-12,28H,1,8H2. The second kappa shape index (κ2) is 8.62. The average Bonchev–Trinajstić information content (AvgIpc) is 2.68. The third kappa shape index (κ3) is 5.25. The lowest BCUT2D eigenvalue weighted by Gasteiger charge is -2.14. The molecule has 0 aliphatic heterocycles. The van der Waals surface area contributed by atoms with E-state index in [4.69, 9.17) is 4.74 Å². The number of allylic oxidation sites excluding steroid dienone is 1. The molecule has 0 spiro atoms. The highest BCUT2D eigenvalue weighted by molar-refractivity contribution is 7.91. The molecular weight excluding hydrogens is 455 g/mol. The Balaban J connectivity index is 1.95. The van der Waals surface area contributed by atoms with Gasteiger partial charge in [-0.2, -0.15) is 13.2 Å².